The summed E-state index contributed by atoms with van der Waals surface area (Å²) in [6.07, 6.45) is 1.87. The third kappa shape index (κ3) is 2.94. The van der Waals surface area contributed by atoms with Crippen molar-refractivity contribution in [2.75, 3.05) is 18.1 Å². The third-order valence-corrected chi connectivity index (χ3v) is 3.23. The molecule has 0 aliphatic carbocycles. The minimum absolute atomic E-state index is 0.250. The molecule has 0 spiro atoms. The van der Waals surface area contributed by atoms with Crippen LogP contribution in [0.4, 0.5) is 5.69 Å². The van der Waals surface area contributed by atoms with Crippen molar-refractivity contribution in [1.82, 2.24) is 0 Å². The standard InChI is InChI=1S/C14H19NO3/c1-11-10-18-13-7-3-2-6-12(13)15(11)9-5-4-8-14(16)17/h2-3,6-7,11H,4-5,8-10H2,1H3,(H,16,17). The molecule has 2 rings (SSSR count). The molecule has 1 atom stereocenters. The number of anilines is 1. The van der Waals surface area contributed by atoms with Crippen molar-refractivity contribution in [3.63, 3.8) is 0 Å². The molecular formula is C14H19NO3. The lowest BCUT2D eigenvalue weighted by Gasteiger charge is -2.36. The summed E-state index contributed by atoms with van der Waals surface area (Å²) >= 11 is 0. The summed E-state index contributed by atoms with van der Waals surface area (Å²) in [7, 11) is 0. The number of hydrogen-bond acceptors (Lipinski definition) is 3. The fourth-order valence-corrected chi connectivity index (χ4v) is 2.25. The van der Waals surface area contributed by atoms with Crippen LogP contribution in [0.2, 0.25) is 0 Å². The van der Waals surface area contributed by atoms with E-state index >= 15 is 0 Å². The van der Waals surface area contributed by atoms with Crippen LogP contribution >= 0.6 is 0 Å². The van der Waals surface area contributed by atoms with Crippen LogP contribution in [0.5, 0.6) is 5.75 Å². The number of carboxylic acid groups (broad SMARTS) is 1. The van der Waals surface area contributed by atoms with Crippen LogP contribution in [0.15, 0.2) is 24.3 Å². The first-order chi connectivity index (χ1) is 8.68. The maximum Gasteiger partial charge on any atom is 0.303 e. The molecule has 1 aromatic rings. The number of carbonyl (C=O) groups is 1. The van der Waals surface area contributed by atoms with Gasteiger partial charge < -0.3 is 14.7 Å². The van der Waals surface area contributed by atoms with E-state index in [1.165, 1.54) is 0 Å². The average Bonchev–Trinajstić information content (AvgIpc) is 2.36. The summed E-state index contributed by atoms with van der Waals surface area (Å²) in [5.41, 5.74) is 1.12. The Kier molecular flexibility index (Phi) is 4.07. The average molecular weight is 249 g/mol. The monoisotopic (exact) mass is 249 g/mol. The van der Waals surface area contributed by atoms with E-state index in [9.17, 15) is 4.79 Å². The molecule has 1 aromatic carbocycles. The fourth-order valence-electron chi connectivity index (χ4n) is 2.25. The van der Waals surface area contributed by atoms with Crippen molar-refractivity contribution >= 4 is 11.7 Å². The first-order valence-electron chi connectivity index (χ1n) is 6.39. The highest BCUT2D eigenvalue weighted by atomic mass is 16.5. The van der Waals surface area contributed by atoms with E-state index in [2.05, 4.69) is 17.9 Å². The molecule has 0 saturated heterocycles. The molecule has 1 N–H and O–H groups in total. The quantitative estimate of drug-likeness (QED) is 0.815. The van der Waals surface area contributed by atoms with E-state index in [0.29, 0.717) is 12.6 Å². The summed E-state index contributed by atoms with van der Waals surface area (Å²) in [6.45, 7) is 3.71. The lowest BCUT2D eigenvalue weighted by atomic mass is 10.1. The lowest BCUT2D eigenvalue weighted by Crippen LogP contribution is -2.41. The molecule has 4 nitrogen and oxygen atoms in total. The van der Waals surface area contributed by atoms with Crippen molar-refractivity contribution in [3.8, 4) is 5.75 Å². The summed E-state index contributed by atoms with van der Waals surface area (Å²) in [5.74, 6) is 0.208. The number of hydrogen-bond donors (Lipinski definition) is 1. The number of nitrogens with zero attached hydrogens (tertiary/aromatic N) is 1. The Morgan fingerprint density at radius 1 is 1.44 bits per heavy atom. The highest BCUT2D eigenvalue weighted by Gasteiger charge is 2.23. The molecule has 1 unspecified atom stereocenters. The molecule has 1 heterocycles. The molecule has 0 radical (unpaired) electrons. The van der Waals surface area contributed by atoms with Gasteiger partial charge in [-0.15, -0.1) is 0 Å². The molecule has 1 aliphatic rings. The van der Waals surface area contributed by atoms with Gasteiger partial charge in [0.2, 0.25) is 0 Å². The number of fused-ring (bicyclic) bond motifs is 1. The smallest absolute Gasteiger partial charge is 0.303 e. The number of para-hydroxylation sites is 2. The van der Waals surface area contributed by atoms with Crippen LogP contribution in [0.1, 0.15) is 26.2 Å². The van der Waals surface area contributed by atoms with E-state index in [-0.39, 0.29) is 6.42 Å². The molecular weight excluding hydrogens is 230 g/mol. The summed E-state index contributed by atoms with van der Waals surface area (Å²) in [6, 6.07) is 8.35. The SMILES string of the molecule is CC1COc2ccccc2N1CCCCC(=O)O. The Hall–Kier alpha value is -1.71. The van der Waals surface area contributed by atoms with E-state index in [4.69, 9.17) is 9.84 Å². The minimum atomic E-state index is -0.717. The Bertz CT molecular complexity index is 419. The Balaban J connectivity index is 1.96. The van der Waals surface area contributed by atoms with Crippen LogP contribution in [-0.4, -0.2) is 30.3 Å². The molecule has 98 valence electrons. The van der Waals surface area contributed by atoms with Gasteiger partial charge in [0.1, 0.15) is 12.4 Å². The topological polar surface area (TPSA) is 49.8 Å². The van der Waals surface area contributed by atoms with Gasteiger partial charge in [0.05, 0.1) is 11.7 Å². The molecule has 0 saturated carbocycles. The molecule has 0 bridgehead atoms. The number of carboxylic acids is 1. The fraction of sp³-hybridized carbons (Fsp3) is 0.500. The summed E-state index contributed by atoms with van der Waals surface area (Å²) in [4.78, 5) is 12.8. The summed E-state index contributed by atoms with van der Waals surface area (Å²) < 4.78 is 5.67. The first-order valence-corrected chi connectivity index (χ1v) is 6.39. The molecule has 0 aromatic heterocycles. The van der Waals surface area contributed by atoms with Gasteiger partial charge in [-0.05, 0) is 31.9 Å². The van der Waals surface area contributed by atoms with Gasteiger partial charge in [-0.2, -0.15) is 0 Å². The van der Waals surface area contributed by atoms with Crippen LogP contribution < -0.4 is 9.64 Å². The van der Waals surface area contributed by atoms with Crippen molar-refractivity contribution < 1.29 is 14.6 Å². The van der Waals surface area contributed by atoms with Gasteiger partial charge >= 0.3 is 5.97 Å². The maximum absolute atomic E-state index is 10.5. The van der Waals surface area contributed by atoms with Crippen LogP contribution in [0.25, 0.3) is 0 Å². The Morgan fingerprint density at radius 3 is 3.00 bits per heavy atom. The van der Waals surface area contributed by atoms with Crippen LogP contribution in [-0.2, 0) is 4.79 Å². The van der Waals surface area contributed by atoms with Gasteiger partial charge in [-0.25, -0.2) is 0 Å². The van der Waals surface area contributed by atoms with Gasteiger partial charge in [0, 0.05) is 13.0 Å². The summed E-state index contributed by atoms with van der Waals surface area (Å²) in [5, 5.41) is 8.63. The molecule has 0 amide bonds. The minimum Gasteiger partial charge on any atom is -0.489 e. The third-order valence-electron chi connectivity index (χ3n) is 3.23. The van der Waals surface area contributed by atoms with Crippen molar-refractivity contribution in [2.45, 2.75) is 32.2 Å². The van der Waals surface area contributed by atoms with Crippen molar-refractivity contribution in [3.05, 3.63) is 24.3 Å². The van der Waals surface area contributed by atoms with Gasteiger partial charge in [-0.3, -0.25) is 4.79 Å². The molecule has 0 fully saturated rings. The zero-order valence-electron chi connectivity index (χ0n) is 10.6. The molecule has 4 heteroatoms. The number of ether oxygens (including phenoxy) is 1. The highest BCUT2D eigenvalue weighted by Crippen LogP contribution is 2.33. The second kappa shape index (κ2) is 5.76. The Morgan fingerprint density at radius 2 is 2.22 bits per heavy atom. The predicted octanol–water partition coefficient (Wildman–Crippen LogP) is 2.53. The van der Waals surface area contributed by atoms with Gasteiger partial charge in [0.25, 0.3) is 0 Å². The normalized spacial score (nSPS) is 18.1. The zero-order valence-corrected chi connectivity index (χ0v) is 10.6. The van der Waals surface area contributed by atoms with Gasteiger partial charge in [0.15, 0.2) is 0 Å². The number of benzene rings is 1. The highest BCUT2D eigenvalue weighted by molar-refractivity contribution is 5.66. The Labute approximate surface area is 107 Å². The van der Waals surface area contributed by atoms with Crippen molar-refractivity contribution in [1.29, 1.82) is 0 Å². The predicted molar refractivity (Wildman–Crippen MR) is 70.2 cm³/mol. The van der Waals surface area contributed by atoms with E-state index in [1.807, 2.05) is 18.2 Å². The second-order valence-corrected chi connectivity index (χ2v) is 4.67. The second-order valence-electron chi connectivity index (χ2n) is 4.67. The van der Waals surface area contributed by atoms with Crippen LogP contribution in [0.3, 0.4) is 0 Å². The maximum atomic E-state index is 10.5. The van der Waals surface area contributed by atoms with E-state index < -0.39 is 5.97 Å². The zero-order chi connectivity index (χ0) is 13.0. The lowest BCUT2D eigenvalue weighted by molar-refractivity contribution is -0.137. The number of aliphatic carboxylic acids is 1. The van der Waals surface area contributed by atoms with Gasteiger partial charge in [-0.1, -0.05) is 12.1 Å². The van der Waals surface area contributed by atoms with E-state index in [0.717, 1.165) is 30.8 Å². The molecule has 1 aliphatic heterocycles. The first kappa shape index (κ1) is 12.7. The van der Waals surface area contributed by atoms with Crippen molar-refractivity contribution in [2.24, 2.45) is 0 Å². The van der Waals surface area contributed by atoms with Crippen LogP contribution in [0, 0.1) is 0 Å². The number of rotatable bonds is 5. The molecule has 18 heavy (non-hydrogen) atoms. The largest absolute Gasteiger partial charge is 0.489 e. The number of unbranched alkanes of at least 4 members (excludes halogenated alkanes) is 1. The van der Waals surface area contributed by atoms with E-state index in [1.54, 1.807) is 0 Å².